The molecule has 0 saturated heterocycles. The minimum atomic E-state index is -0.249. The Morgan fingerprint density at radius 3 is 2.50 bits per heavy atom. The molecule has 0 unspecified atom stereocenters. The minimum Gasteiger partial charge on any atom is -0.493 e. The van der Waals surface area contributed by atoms with Gasteiger partial charge in [-0.15, -0.1) is 0 Å². The average Bonchev–Trinajstić information content (AvgIpc) is 2.57. The lowest BCUT2D eigenvalue weighted by molar-refractivity contribution is -0.124. The Morgan fingerprint density at radius 2 is 1.75 bits per heavy atom. The minimum absolute atomic E-state index is 0.0580. The smallest absolute Gasteiger partial charge is 0.243 e. The van der Waals surface area contributed by atoms with Crippen molar-refractivity contribution in [2.75, 3.05) is 18.5 Å². The predicted octanol–water partition coefficient (Wildman–Crippen LogP) is 2.83. The van der Waals surface area contributed by atoms with Gasteiger partial charge in [0, 0.05) is 5.69 Å². The number of hydrogen-bond acceptors (Lipinski definition) is 3. The Labute approximate surface area is 142 Å². The summed E-state index contributed by atoms with van der Waals surface area (Å²) in [7, 11) is 0. The maximum absolute atomic E-state index is 11.9. The second-order valence-corrected chi connectivity index (χ2v) is 5.55. The van der Waals surface area contributed by atoms with Crippen molar-refractivity contribution in [3.8, 4) is 5.75 Å². The molecule has 5 nitrogen and oxygen atoms in total. The van der Waals surface area contributed by atoms with Crippen LogP contribution in [0.2, 0.25) is 0 Å². The Morgan fingerprint density at radius 1 is 1.00 bits per heavy atom. The fourth-order valence-electron chi connectivity index (χ4n) is 2.11. The number of benzene rings is 2. The molecule has 0 aliphatic carbocycles. The molecule has 5 heteroatoms. The van der Waals surface area contributed by atoms with E-state index < -0.39 is 0 Å². The Kier molecular flexibility index (Phi) is 6.37. The molecule has 0 radical (unpaired) electrons. The molecule has 0 aliphatic heterocycles. The van der Waals surface area contributed by atoms with Gasteiger partial charge in [-0.3, -0.25) is 9.59 Å². The first kappa shape index (κ1) is 17.5. The summed E-state index contributed by atoms with van der Waals surface area (Å²) < 4.78 is 5.45. The number of carbonyl (C=O) groups excluding carboxylic acids is 2. The largest absolute Gasteiger partial charge is 0.493 e. The van der Waals surface area contributed by atoms with Gasteiger partial charge in [0.2, 0.25) is 11.8 Å². The number of ether oxygens (including phenoxy) is 1. The van der Waals surface area contributed by atoms with Gasteiger partial charge in [-0.05, 0) is 43.2 Å². The van der Waals surface area contributed by atoms with E-state index in [1.165, 1.54) is 0 Å². The van der Waals surface area contributed by atoms with Crippen molar-refractivity contribution in [3.63, 3.8) is 0 Å². The number of carbonyl (C=O) groups is 2. The fourth-order valence-corrected chi connectivity index (χ4v) is 2.11. The van der Waals surface area contributed by atoms with Gasteiger partial charge >= 0.3 is 0 Å². The van der Waals surface area contributed by atoms with Crippen LogP contribution in [0.5, 0.6) is 5.75 Å². The van der Waals surface area contributed by atoms with E-state index in [-0.39, 0.29) is 31.4 Å². The summed E-state index contributed by atoms with van der Waals surface area (Å²) in [6.07, 6.45) is 0.200. The fraction of sp³-hybridized carbons (Fsp3) is 0.263. The van der Waals surface area contributed by atoms with Crippen LogP contribution < -0.4 is 15.4 Å². The highest BCUT2D eigenvalue weighted by atomic mass is 16.5. The quantitative estimate of drug-likeness (QED) is 0.822. The first-order valence-electron chi connectivity index (χ1n) is 7.86. The topological polar surface area (TPSA) is 67.4 Å². The highest BCUT2D eigenvalue weighted by Crippen LogP contribution is 2.15. The monoisotopic (exact) mass is 326 g/mol. The van der Waals surface area contributed by atoms with E-state index in [2.05, 4.69) is 10.6 Å². The summed E-state index contributed by atoms with van der Waals surface area (Å²) in [6, 6.07) is 15.1. The third-order valence-electron chi connectivity index (χ3n) is 3.45. The maximum atomic E-state index is 11.9. The van der Waals surface area contributed by atoms with Crippen LogP contribution in [0.1, 0.15) is 17.5 Å². The maximum Gasteiger partial charge on any atom is 0.243 e. The second-order valence-electron chi connectivity index (χ2n) is 5.55. The molecule has 2 amide bonds. The molecule has 0 atom stereocenters. The number of nitrogens with one attached hydrogen (secondary N) is 2. The van der Waals surface area contributed by atoms with Crippen molar-refractivity contribution in [3.05, 3.63) is 59.7 Å². The molecular weight excluding hydrogens is 304 g/mol. The zero-order valence-corrected chi connectivity index (χ0v) is 14.0. The molecule has 24 heavy (non-hydrogen) atoms. The molecule has 0 fully saturated rings. The van der Waals surface area contributed by atoms with Crippen molar-refractivity contribution >= 4 is 17.5 Å². The summed E-state index contributed by atoms with van der Waals surface area (Å²) in [5, 5.41) is 5.40. The molecule has 2 rings (SSSR count). The summed E-state index contributed by atoms with van der Waals surface area (Å²) >= 11 is 0. The standard InChI is InChI=1S/C19H22N2O3/c1-14-8-9-15(2)17(12-14)21-19(23)13-20-18(22)10-11-24-16-6-4-3-5-7-16/h3-9,12H,10-11,13H2,1-2H3,(H,20,22)(H,21,23). The first-order chi connectivity index (χ1) is 11.5. The van der Waals surface area contributed by atoms with Crippen molar-refractivity contribution in [1.82, 2.24) is 5.32 Å². The molecule has 0 saturated carbocycles. The lowest BCUT2D eigenvalue weighted by Crippen LogP contribution is -2.33. The molecule has 2 aromatic carbocycles. The number of aryl methyl sites for hydroxylation is 2. The van der Waals surface area contributed by atoms with Crippen molar-refractivity contribution < 1.29 is 14.3 Å². The Hall–Kier alpha value is -2.82. The van der Waals surface area contributed by atoms with E-state index in [4.69, 9.17) is 4.74 Å². The van der Waals surface area contributed by atoms with Gasteiger partial charge in [-0.25, -0.2) is 0 Å². The Balaban J connectivity index is 1.69. The summed E-state index contributed by atoms with van der Waals surface area (Å²) in [6.45, 7) is 4.10. The molecule has 0 spiro atoms. The van der Waals surface area contributed by atoms with Crippen LogP contribution in [0.15, 0.2) is 48.5 Å². The van der Waals surface area contributed by atoms with E-state index in [9.17, 15) is 9.59 Å². The lowest BCUT2D eigenvalue weighted by atomic mass is 10.1. The zero-order chi connectivity index (χ0) is 17.4. The number of anilines is 1. The highest BCUT2D eigenvalue weighted by Gasteiger charge is 2.08. The Bertz CT molecular complexity index is 699. The van der Waals surface area contributed by atoms with Crippen molar-refractivity contribution in [2.45, 2.75) is 20.3 Å². The van der Waals surface area contributed by atoms with Gasteiger partial charge in [0.1, 0.15) is 5.75 Å². The van der Waals surface area contributed by atoms with Crippen LogP contribution in [0, 0.1) is 13.8 Å². The van der Waals surface area contributed by atoms with E-state index in [0.29, 0.717) is 0 Å². The van der Waals surface area contributed by atoms with E-state index >= 15 is 0 Å². The molecule has 0 heterocycles. The van der Waals surface area contributed by atoms with E-state index in [1.807, 2.05) is 62.4 Å². The van der Waals surface area contributed by atoms with Gasteiger partial charge in [0.05, 0.1) is 19.6 Å². The van der Waals surface area contributed by atoms with Gasteiger partial charge in [0.15, 0.2) is 0 Å². The molecule has 126 valence electrons. The molecular formula is C19H22N2O3. The van der Waals surface area contributed by atoms with Crippen LogP contribution in [-0.2, 0) is 9.59 Å². The zero-order valence-electron chi connectivity index (χ0n) is 14.0. The lowest BCUT2D eigenvalue weighted by Gasteiger charge is -2.10. The number of amides is 2. The first-order valence-corrected chi connectivity index (χ1v) is 7.86. The van der Waals surface area contributed by atoms with E-state index in [1.54, 1.807) is 0 Å². The van der Waals surface area contributed by atoms with Gasteiger partial charge < -0.3 is 15.4 Å². The van der Waals surface area contributed by atoms with Crippen LogP contribution in [-0.4, -0.2) is 25.0 Å². The molecule has 0 aromatic heterocycles. The highest BCUT2D eigenvalue weighted by molar-refractivity contribution is 5.95. The third kappa shape index (κ3) is 5.76. The molecule has 0 aliphatic rings. The van der Waals surface area contributed by atoms with Gasteiger partial charge in [-0.1, -0.05) is 30.3 Å². The third-order valence-corrected chi connectivity index (χ3v) is 3.45. The van der Waals surface area contributed by atoms with Crippen LogP contribution >= 0.6 is 0 Å². The predicted molar refractivity (Wildman–Crippen MR) is 94.1 cm³/mol. The average molecular weight is 326 g/mol. The second kappa shape index (κ2) is 8.72. The summed E-state index contributed by atoms with van der Waals surface area (Å²) in [5.74, 6) is 0.251. The molecule has 2 N–H and O–H groups in total. The molecule has 2 aromatic rings. The molecule has 0 bridgehead atoms. The summed E-state index contributed by atoms with van der Waals surface area (Å²) in [4.78, 5) is 23.7. The number of rotatable bonds is 7. The van der Waals surface area contributed by atoms with Crippen molar-refractivity contribution in [1.29, 1.82) is 0 Å². The SMILES string of the molecule is Cc1ccc(C)c(NC(=O)CNC(=O)CCOc2ccccc2)c1. The van der Waals surface area contributed by atoms with Crippen molar-refractivity contribution in [2.24, 2.45) is 0 Å². The summed E-state index contributed by atoms with van der Waals surface area (Å²) in [5.41, 5.74) is 2.82. The van der Waals surface area contributed by atoms with Gasteiger partial charge in [0.25, 0.3) is 0 Å². The van der Waals surface area contributed by atoms with E-state index in [0.717, 1.165) is 22.6 Å². The number of para-hydroxylation sites is 1. The van der Waals surface area contributed by atoms with Crippen LogP contribution in [0.3, 0.4) is 0 Å². The normalized spacial score (nSPS) is 10.1. The van der Waals surface area contributed by atoms with Gasteiger partial charge in [-0.2, -0.15) is 0 Å². The van der Waals surface area contributed by atoms with Crippen LogP contribution in [0.25, 0.3) is 0 Å². The van der Waals surface area contributed by atoms with Crippen LogP contribution in [0.4, 0.5) is 5.69 Å². The number of hydrogen-bond donors (Lipinski definition) is 2.